The molecule has 4 heteroatoms. The average Bonchev–Trinajstić information content (AvgIpc) is 2.26. The zero-order valence-corrected chi connectivity index (χ0v) is 10.4. The summed E-state index contributed by atoms with van der Waals surface area (Å²) in [6.45, 7) is 2.01. The van der Waals surface area contributed by atoms with Gasteiger partial charge in [-0.3, -0.25) is 4.79 Å². The fraction of sp³-hybridized carbons (Fsp3) is 0.167. The zero-order chi connectivity index (χ0) is 12.0. The van der Waals surface area contributed by atoms with E-state index in [2.05, 4.69) is 20.7 Å². The van der Waals surface area contributed by atoms with Gasteiger partial charge in [0, 0.05) is 16.1 Å². The molecule has 0 aromatic heterocycles. The molecule has 0 radical (unpaired) electrons. The molecule has 0 N–H and O–H groups in total. The zero-order valence-electron chi connectivity index (χ0n) is 8.77. The molecule has 84 valence electrons. The Morgan fingerprint density at radius 1 is 1.38 bits per heavy atom. The van der Waals surface area contributed by atoms with Gasteiger partial charge < -0.3 is 4.74 Å². The van der Waals surface area contributed by atoms with Crippen LogP contribution in [-0.2, 0) is 9.53 Å². The number of ketones is 1. The minimum Gasteiger partial charge on any atom is -0.463 e. The van der Waals surface area contributed by atoms with E-state index in [0.717, 1.165) is 10.5 Å². The molecule has 16 heavy (non-hydrogen) atoms. The number of ether oxygens (including phenoxy) is 1. The molecule has 0 aliphatic carbocycles. The second-order valence-electron chi connectivity index (χ2n) is 2.96. The Balaban J connectivity index is 2.69. The molecule has 0 saturated heterocycles. The standard InChI is InChI=1S/C12H11BrO3/c1-2-16-12(15)7-6-11(14)9-4-3-5-10(13)8-9/h3-8H,2H2,1H3. The van der Waals surface area contributed by atoms with Crippen LogP contribution in [0.15, 0.2) is 40.9 Å². The van der Waals surface area contributed by atoms with Gasteiger partial charge in [0.15, 0.2) is 5.78 Å². The molecule has 1 aromatic rings. The lowest BCUT2D eigenvalue weighted by atomic mass is 10.1. The third-order valence-corrected chi connectivity index (χ3v) is 2.26. The minimum absolute atomic E-state index is 0.227. The maximum atomic E-state index is 11.6. The molecule has 0 heterocycles. The number of hydrogen-bond acceptors (Lipinski definition) is 3. The maximum Gasteiger partial charge on any atom is 0.330 e. The lowest BCUT2D eigenvalue weighted by molar-refractivity contribution is -0.137. The first kappa shape index (κ1) is 12.6. The predicted octanol–water partition coefficient (Wildman–Crippen LogP) is 2.75. The highest BCUT2D eigenvalue weighted by Gasteiger charge is 2.03. The third-order valence-electron chi connectivity index (χ3n) is 1.77. The van der Waals surface area contributed by atoms with Gasteiger partial charge in [0.2, 0.25) is 0 Å². The van der Waals surface area contributed by atoms with E-state index in [0.29, 0.717) is 12.2 Å². The topological polar surface area (TPSA) is 43.4 Å². The molecule has 0 atom stereocenters. The quantitative estimate of drug-likeness (QED) is 0.485. The second kappa shape index (κ2) is 6.23. The Labute approximate surface area is 102 Å². The Hall–Kier alpha value is -1.42. The van der Waals surface area contributed by atoms with Crippen LogP contribution in [0.3, 0.4) is 0 Å². The summed E-state index contributed by atoms with van der Waals surface area (Å²) in [4.78, 5) is 22.6. The normalized spacial score (nSPS) is 10.4. The molecule has 0 bridgehead atoms. The van der Waals surface area contributed by atoms with Crippen LogP contribution >= 0.6 is 15.9 Å². The highest BCUT2D eigenvalue weighted by Crippen LogP contribution is 2.12. The third kappa shape index (κ3) is 3.98. The SMILES string of the molecule is CCOC(=O)C=CC(=O)c1cccc(Br)c1. The van der Waals surface area contributed by atoms with Crippen LogP contribution in [0.1, 0.15) is 17.3 Å². The number of rotatable bonds is 4. The van der Waals surface area contributed by atoms with Crippen molar-refractivity contribution < 1.29 is 14.3 Å². The number of esters is 1. The van der Waals surface area contributed by atoms with Crippen LogP contribution in [0.2, 0.25) is 0 Å². The molecule has 0 fully saturated rings. The Bertz CT molecular complexity index is 424. The highest BCUT2D eigenvalue weighted by molar-refractivity contribution is 9.10. The van der Waals surface area contributed by atoms with Crippen LogP contribution in [0.4, 0.5) is 0 Å². The van der Waals surface area contributed by atoms with Gasteiger partial charge in [0.1, 0.15) is 0 Å². The van der Waals surface area contributed by atoms with Gasteiger partial charge in [-0.05, 0) is 25.1 Å². The Morgan fingerprint density at radius 3 is 2.75 bits per heavy atom. The van der Waals surface area contributed by atoms with E-state index in [1.165, 1.54) is 6.08 Å². The van der Waals surface area contributed by atoms with Crippen molar-refractivity contribution in [3.63, 3.8) is 0 Å². The summed E-state index contributed by atoms with van der Waals surface area (Å²) in [5.74, 6) is -0.736. The molecule has 0 amide bonds. The van der Waals surface area contributed by atoms with Gasteiger partial charge in [-0.1, -0.05) is 28.1 Å². The number of benzene rings is 1. The molecule has 0 spiro atoms. The van der Waals surface area contributed by atoms with Crippen molar-refractivity contribution in [2.75, 3.05) is 6.61 Å². The second-order valence-corrected chi connectivity index (χ2v) is 3.88. The summed E-state index contributed by atoms with van der Waals surface area (Å²) in [7, 11) is 0. The van der Waals surface area contributed by atoms with Crippen molar-refractivity contribution >= 4 is 27.7 Å². The van der Waals surface area contributed by atoms with Crippen LogP contribution in [0.5, 0.6) is 0 Å². The van der Waals surface area contributed by atoms with E-state index in [1.807, 2.05) is 6.07 Å². The van der Waals surface area contributed by atoms with E-state index >= 15 is 0 Å². The smallest absolute Gasteiger partial charge is 0.330 e. The van der Waals surface area contributed by atoms with Crippen LogP contribution < -0.4 is 0 Å². The number of carbonyl (C=O) groups excluding carboxylic acids is 2. The van der Waals surface area contributed by atoms with E-state index in [1.54, 1.807) is 25.1 Å². The maximum absolute atomic E-state index is 11.6. The number of carbonyl (C=O) groups is 2. The highest BCUT2D eigenvalue weighted by atomic mass is 79.9. The summed E-state index contributed by atoms with van der Waals surface area (Å²) in [6, 6.07) is 6.96. The lowest BCUT2D eigenvalue weighted by Gasteiger charge is -1.97. The van der Waals surface area contributed by atoms with Gasteiger partial charge in [0.05, 0.1) is 6.61 Å². The summed E-state index contributed by atoms with van der Waals surface area (Å²) in [6.07, 6.45) is 2.34. The average molecular weight is 283 g/mol. The van der Waals surface area contributed by atoms with Crippen molar-refractivity contribution in [2.45, 2.75) is 6.92 Å². The largest absolute Gasteiger partial charge is 0.463 e. The molecule has 0 saturated carbocycles. The molecular formula is C12H11BrO3. The van der Waals surface area contributed by atoms with Crippen molar-refractivity contribution in [1.82, 2.24) is 0 Å². The van der Waals surface area contributed by atoms with Gasteiger partial charge >= 0.3 is 5.97 Å². The summed E-state index contributed by atoms with van der Waals surface area (Å²) in [5.41, 5.74) is 0.523. The molecule has 0 unspecified atom stereocenters. The van der Waals surface area contributed by atoms with E-state index in [-0.39, 0.29) is 5.78 Å². The fourth-order valence-electron chi connectivity index (χ4n) is 1.07. The first-order valence-corrected chi connectivity index (χ1v) is 5.57. The molecule has 1 rings (SSSR count). The van der Waals surface area contributed by atoms with Gasteiger partial charge in [0.25, 0.3) is 0 Å². The molecule has 3 nitrogen and oxygen atoms in total. The molecular weight excluding hydrogens is 272 g/mol. The van der Waals surface area contributed by atoms with Crippen LogP contribution in [-0.4, -0.2) is 18.4 Å². The van der Waals surface area contributed by atoms with Crippen molar-refractivity contribution in [2.24, 2.45) is 0 Å². The summed E-state index contributed by atoms with van der Waals surface area (Å²) < 4.78 is 5.49. The van der Waals surface area contributed by atoms with Gasteiger partial charge in [-0.25, -0.2) is 4.79 Å². The molecule has 0 aliphatic heterocycles. The fourth-order valence-corrected chi connectivity index (χ4v) is 1.47. The monoisotopic (exact) mass is 282 g/mol. The Morgan fingerprint density at radius 2 is 2.12 bits per heavy atom. The number of hydrogen-bond donors (Lipinski definition) is 0. The van der Waals surface area contributed by atoms with E-state index < -0.39 is 5.97 Å². The van der Waals surface area contributed by atoms with Crippen molar-refractivity contribution in [3.8, 4) is 0 Å². The number of halogens is 1. The van der Waals surface area contributed by atoms with Crippen LogP contribution in [0, 0.1) is 0 Å². The number of allylic oxidation sites excluding steroid dienone is 1. The minimum atomic E-state index is -0.508. The lowest BCUT2D eigenvalue weighted by Crippen LogP contribution is -2.01. The van der Waals surface area contributed by atoms with E-state index in [4.69, 9.17) is 0 Å². The Kier molecular flexibility index (Phi) is 4.92. The van der Waals surface area contributed by atoms with Crippen molar-refractivity contribution in [3.05, 3.63) is 46.5 Å². The first-order chi connectivity index (χ1) is 7.63. The molecule has 1 aromatic carbocycles. The summed E-state index contributed by atoms with van der Waals surface area (Å²) in [5, 5.41) is 0. The van der Waals surface area contributed by atoms with Crippen LogP contribution in [0.25, 0.3) is 0 Å². The van der Waals surface area contributed by atoms with Gasteiger partial charge in [-0.15, -0.1) is 0 Å². The summed E-state index contributed by atoms with van der Waals surface area (Å²) >= 11 is 3.27. The van der Waals surface area contributed by atoms with E-state index in [9.17, 15) is 9.59 Å². The molecule has 0 aliphatic rings. The first-order valence-electron chi connectivity index (χ1n) is 4.78. The van der Waals surface area contributed by atoms with Crippen molar-refractivity contribution in [1.29, 1.82) is 0 Å². The predicted molar refractivity (Wildman–Crippen MR) is 64.2 cm³/mol. The van der Waals surface area contributed by atoms with Gasteiger partial charge in [-0.2, -0.15) is 0 Å².